The molecule has 4 nitrogen and oxygen atoms in total. The first-order valence-electron chi connectivity index (χ1n) is 8.77. The van der Waals surface area contributed by atoms with Crippen LogP contribution in [0.25, 0.3) is 21.3 Å². The molecule has 1 aromatic carbocycles. The average molecular weight is 448 g/mol. The first-order chi connectivity index (χ1) is 13.8. The summed E-state index contributed by atoms with van der Waals surface area (Å²) >= 11 is 14.0. The van der Waals surface area contributed by atoms with Crippen molar-refractivity contribution >= 4 is 44.8 Å². The maximum Gasteiger partial charge on any atom is 0.255 e. The second-order valence-corrected chi connectivity index (χ2v) is 9.25. The van der Waals surface area contributed by atoms with Gasteiger partial charge in [-0.1, -0.05) is 50.0 Å². The van der Waals surface area contributed by atoms with Gasteiger partial charge < -0.3 is 4.74 Å². The summed E-state index contributed by atoms with van der Waals surface area (Å²) in [5, 5.41) is 1.61. The second kappa shape index (κ2) is 7.52. The quantitative estimate of drug-likeness (QED) is 0.309. The van der Waals surface area contributed by atoms with Crippen LogP contribution in [-0.4, -0.2) is 15.0 Å². The van der Waals surface area contributed by atoms with Gasteiger partial charge in [0.2, 0.25) is 5.88 Å². The predicted octanol–water partition coefficient (Wildman–Crippen LogP) is 7.29. The Morgan fingerprint density at radius 1 is 1.03 bits per heavy atom. The van der Waals surface area contributed by atoms with Crippen LogP contribution in [0.3, 0.4) is 0 Å². The summed E-state index contributed by atoms with van der Waals surface area (Å²) in [7, 11) is 0. The average Bonchev–Trinajstić information content (AvgIpc) is 3.07. The van der Waals surface area contributed by atoms with E-state index in [-0.39, 0.29) is 17.0 Å². The summed E-state index contributed by atoms with van der Waals surface area (Å²) in [5.74, 6) is -0.451. The Labute approximate surface area is 181 Å². The van der Waals surface area contributed by atoms with E-state index in [0.29, 0.717) is 15.4 Å². The van der Waals surface area contributed by atoms with Crippen LogP contribution in [0, 0.1) is 5.95 Å². The zero-order chi connectivity index (χ0) is 20.8. The lowest BCUT2D eigenvalue weighted by molar-refractivity contribution is 0.420. The van der Waals surface area contributed by atoms with E-state index in [0.717, 1.165) is 20.8 Å². The van der Waals surface area contributed by atoms with Crippen LogP contribution in [-0.2, 0) is 5.41 Å². The number of pyridine rings is 1. The van der Waals surface area contributed by atoms with Crippen molar-refractivity contribution in [2.75, 3.05) is 0 Å². The number of hydrogen-bond donors (Lipinski definition) is 0. The van der Waals surface area contributed by atoms with Crippen LogP contribution >= 0.6 is 34.5 Å². The van der Waals surface area contributed by atoms with E-state index in [4.69, 9.17) is 27.9 Å². The topological polar surface area (TPSA) is 47.9 Å². The number of ether oxygens (including phenoxy) is 1. The number of thiophene rings is 1. The van der Waals surface area contributed by atoms with Gasteiger partial charge in [0.25, 0.3) is 5.95 Å². The molecule has 0 saturated heterocycles. The largest absolute Gasteiger partial charge is 0.433 e. The van der Waals surface area contributed by atoms with Crippen molar-refractivity contribution in [1.82, 2.24) is 15.0 Å². The Kier molecular flexibility index (Phi) is 5.19. The fourth-order valence-electron chi connectivity index (χ4n) is 2.99. The van der Waals surface area contributed by atoms with Crippen molar-refractivity contribution in [2.45, 2.75) is 26.2 Å². The molecular weight excluding hydrogens is 432 g/mol. The molecule has 0 aliphatic heterocycles. The maximum atomic E-state index is 14.1. The molecular formula is C21H16Cl2FN3OS. The van der Waals surface area contributed by atoms with Gasteiger partial charge in [0.1, 0.15) is 11.2 Å². The Morgan fingerprint density at radius 2 is 1.83 bits per heavy atom. The van der Waals surface area contributed by atoms with Crippen molar-refractivity contribution in [3.63, 3.8) is 0 Å². The molecule has 0 radical (unpaired) electrons. The minimum Gasteiger partial charge on any atom is -0.433 e. The van der Waals surface area contributed by atoms with Gasteiger partial charge in [0.15, 0.2) is 5.75 Å². The third-order valence-electron chi connectivity index (χ3n) is 4.27. The number of fused-ring (bicyclic) bond motifs is 1. The van der Waals surface area contributed by atoms with Crippen molar-refractivity contribution in [3.8, 4) is 22.8 Å². The van der Waals surface area contributed by atoms with Gasteiger partial charge >= 0.3 is 0 Å². The van der Waals surface area contributed by atoms with Crippen molar-refractivity contribution in [2.24, 2.45) is 0 Å². The van der Waals surface area contributed by atoms with Gasteiger partial charge in [0, 0.05) is 16.6 Å². The smallest absolute Gasteiger partial charge is 0.255 e. The molecule has 8 heteroatoms. The van der Waals surface area contributed by atoms with E-state index in [1.165, 1.54) is 18.6 Å². The molecule has 0 bridgehead atoms. The van der Waals surface area contributed by atoms with Crippen molar-refractivity contribution < 1.29 is 9.13 Å². The Hall–Kier alpha value is -2.28. The minimum absolute atomic E-state index is 0.00361. The van der Waals surface area contributed by atoms with Crippen LogP contribution in [0.5, 0.6) is 11.6 Å². The predicted molar refractivity (Wildman–Crippen MR) is 116 cm³/mol. The van der Waals surface area contributed by atoms with Gasteiger partial charge in [-0.3, -0.25) is 0 Å². The molecule has 4 aromatic rings. The van der Waals surface area contributed by atoms with Gasteiger partial charge in [0.05, 0.1) is 15.4 Å². The first kappa shape index (κ1) is 20.0. The molecule has 148 valence electrons. The highest BCUT2D eigenvalue weighted by Crippen LogP contribution is 2.48. The molecule has 0 amide bonds. The number of halogens is 3. The van der Waals surface area contributed by atoms with Gasteiger partial charge in [-0.2, -0.15) is 4.39 Å². The number of benzene rings is 1. The van der Waals surface area contributed by atoms with Crippen LogP contribution in [0.2, 0.25) is 10.0 Å². The molecule has 0 fully saturated rings. The monoisotopic (exact) mass is 447 g/mol. The molecule has 0 saturated carbocycles. The number of nitrogens with zero attached hydrogens (tertiary/aromatic N) is 3. The molecule has 4 rings (SSSR count). The van der Waals surface area contributed by atoms with E-state index in [2.05, 4.69) is 35.7 Å². The van der Waals surface area contributed by atoms with E-state index in [9.17, 15) is 4.39 Å². The Bertz CT molecular complexity index is 1220. The van der Waals surface area contributed by atoms with Crippen LogP contribution in [0.15, 0.2) is 42.9 Å². The van der Waals surface area contributed by atoms with Gasteiger partial charge in [-0.25, -0.2) is 15.0 Å². The summed E-state index contributed by atoms with van der Waals surface area (Å²) in [6, 6.07) is 8.56. The summed E-state index contributed by atoms with van der Waals surface area (Å²) in [5.41, 5.74) is 1.58. The van der Waals surface area contributed by atoms with E-state index in [1.54, 1.807) is 23.5 Å². The summed E-state index contributed by atoms with van der Waals surface area (Å²) < 4.78 is 19.9. The zero-order valence-electron chi connectivity index (χ0n) is 15.8. The SMILES string of the molecule is CC(C)(C)c1sc2ncnc(Oc3cccnc3F)c2c1-c1ccc(Cl)c(Cl)c1. The highest BCUT2D eigenvalue weighted by molar-refractivity contribution is 7.19. The third kappa shape index (κ3) is 3.80. The maximum absolute atomic E-state index is 14.1. The standard InChI is InChI=1S/C21H16Cl2FN3OS/c1-21(2,3)17-15(11-6-7-12(22)13(23)9-11)16-19(26-10-27-20(16)29-17)28-14-5-4-8-25-18(14)24/h4-10H,1-3H3. The number of aromatic nitrogens is 3. The highest BCUT2D eigenvalue weighted by Gasteiger charge is 2.28. The van der Waals surface area contributed by atoms with Crippen LogP contribution < -0.4 is 4.74 Å². The zero-order valence-corrected chi connectivity index (χ0v) is 18.2. The lowest BCUT2D eigenvalue weighted by atomic mass is 9.88. The first-order valence-corrected chi connectivity index (χ1v) is 10.3. The number of rotatable bonds is 3. The molecule has 3 aromatic heterocycles. The summed E-state index contributed by atoms with van der Waals surface area (Å²) in [6.07, 6.45) is 2.77. The third-order valence-corrected chi connectivity index (χ3v) is 6.54. The van der Waals surface area contributed by atoms with Gasteiger partial charge in [-0.05, 0) is 35.2 Å². The highest BCUT2D eigenvalue weighted by atomic mass is 35.5. The second-order valence-electron chi connectivity index (χ2n) is 7.44. The lowest BCUT2D eigenvalue weighted by Crippen LogP contribution is -2.10. The number of hydrogen-bond acceptors (Lipinski definition) is 5. The summed E-state index contributed by atoms with van der Waals surface area (Å²) in [6.45, 7) is 6.36. The van der Waals surface area contributed by atoms with E-state index in [1.807, 2.05) is 12.1 Å². The normalized spacial score (nSPS) is 11.8. The Balaban J connectivity index is 2.01. The molecule has 0 aliphatic carbocycles. The van der Waals surface area contributed by atoms with Crippen molar-refractivity contribution in [3.05, 3.63) is 63.7 Å². The van der Waals surface area contributed by atoms with Crippen LogP contribution in [0.1, 0.15) is 25.6 Å². The molecule has 0 atom stereocenters. The summed E-state index contributed by atoms with van der Waals surface area (Å²) in [4.78, 5) is 14.2. The Morgan fingerprint density at radius 3 is 2.52 bits per heavy atom. The van der Waals surface area contributed by atoms with Crippen LogP contribution in [0.4, 0.5) is 4.39 Å². The molecule has 0 spiro atoms. The molecule has 0 aliphatic rings. The fraction of sp³-hybridized carbons (Fsp3) is 0.190. The lowest BCUT2D eigenvalue weighted by Gasteiger charge is -2.19. The van der Waals surface area contributed by atoms with E-state index >= 15 is 0 Å². The molecule has 29 heavy (non-hydrogen) atoms. The fourth-order valence-corrected chi connectivity index (χ4v) is 4.50. The van der Waals surface area contributed by atoms with E-state index < -0.39 is 5.95 Å². The van der Waals surface area contributed by atoms with Gasteiger partial charge in [-0.15, -0.1) is 11.3 Å². The van der Waals surface area contributed by atoms with Crippen molar-refractivity contribution in [1.29, 1.82) is 0 Å². The molecule has 0 unspecified atom stereocenters. The minimum atomic E-state index is -0.707. The molecule has 0 N–H and O–H groups in total. The molecule has 3 heterocycles.